The fourth-order valence-electron chi connectivity index (χ4n) is 8.19. The number of hydrogen-bond donors (Lipinski definition) is 1. The summed E-state index contributed by atoms with van der Waals surface area (Å²) in [4.78, 5) is 42.6. The first kappa shape index (κ1) is 28.9. The summed E-state index contributed by atoms with van der Waals surface area (Å²) in [5, 5.41) is 8.03. The molecule has 8 nitrogen and oxygen atoms in total. The van der Waals surface area contributed by atoms with Gasteiger partial charge in [0.2, 0.25) is 0 Å². The molecule has 2 aliphatic carbocycles. The maximum Gasteiger partial charge on any atom is 0.311 e. The zero-order valence-corrected chi connectivity index (χ0v) is 25.4. The summed E-state index contributed by atoms with van der Waals surface area (Å²) in [6, 6.07) is 11.8. The average Bonchev–Trinajstić information content (AvgIpc) is 3.31. The first-order chi connectivity index (χ1) is 21.2. The Labute approximate surface area is 256 Å². The van der Waals surface area contributed by atoms with Crippen molar-refractivity contribution in [1.82, 2.24) is 20.0 Å². The standard InChI is InChI=1S/C35H39FN4O4/c1-21-6-5-11-35(2)19-31-25(18-28(21)35)27(34(43)44-31)20-39-12-14-40(15-13-39)33(42)26-16-22(9-10-29(26)36)17-30-23-7-3-4-8-24(23)32(41)38-37-30/h3-4,7-10,16,18,21,25,27,31H,5-6,11-15,17,19-20H2,1-2H3,(H,38,41)/t21-,25?,27?,31?,35+/m0/s1. The Morgan fingerprint density at radius 3 is 2.68 bits per heavy atom. The fourth-order valence-corrected chi connectivity index (χ4v) is 8.19. The van der Waals surface area contributed by atoms with Crippen LogP contribution in [-0.4, -0.2) is 70.7 Å². The zero-order valence-electron chi connectivity index (χ0n) is 25.4. The first-order valence-electron chi connectivity index (χ1n) is 15.9. The highest BCUT2D eigenvalue weighted by Gasteiger charge is 2.52. The van der Waals surface area contributed by atoms with E-state index in [1.807, 2.05) is 12.1 Å². The monoisotopic (exact) mass is 598 g/mol. The van der Waals surface area contributed by atoms with Gasteiger partial charge in [-0.2, -0.15) is 5.10 Å². The number of carbonyl (C=O) groups excluding carboxylic acids is 2. The molecule has 4 aliphatic rings. The van der Waals surface area contributed by atoms with E-state index in [0.29, 0.717) is 56.1 Å². The van der Waals surface area contributed by atoms with Crippen LogP contribution in [0.15, 0.2) is 58.9 Å². The second-order valence-corrected chi connectivity index (χ2v) is 13.5. The Morgan fingerprint density at radius 2 is 1.89 bits per heavy atom. The molecule has 5 atom stereocenters. The number of allylic oxidation sites excluding steroid dienone is 1. The molecular weight excluding hydrogens is 559 g/mol. The zero-order chi connectivity index (χ0) is 30.6. The predicted molar refractivity (Wildman–Crippen MR) is 165 cm³/mol. The summed E-state index contributed by atoms with van der Waals surface area (Å²) < 4.78 is 20.9. The van der Waals surface area contributed by atoms with Gasteiger partial charge < -0.3 is 9.64 Å². The maximum atomic E-state index is 15.0. The van der Waals surface area contributed by atoms with Crippen molar-refractivity contribution in [1.29, 1.82) is 0 Å². The predicted octanol–water partition coefficient (Wildman–Crippen LogP) is 4.73. The van der Waals surface area contributed by atoms with E-state index in [2.05, 4.69) is 35.0 Å². The third-order valence-corrected chi connectivity index (χ3v) is 10.6. The van der Waals surface area contributed by atoms with Crippen molar-refractivity contribution in [3.05, 3.63) is 87.1 Å². The number of fused-ring (bicyclic) bond motifs is 3. The number of H-pyrrole nitrogens is 1. The molecular formula is C35H39FN4O4. The number of halogens is 1. The molecule has 0 spiro atoms. The van der Waals surface area contributed by atoms with Crippen LogP contribution >= 0.6 is 0 Å². The molecule has 1 amide bonds. The van der Waals surface area contributed by atoms with Gasteiger partial charge in [0, 0.05) is 50.4 Å². The van der Waals surface area contributed by atoms with Gasteiger partial charge >= 0.3 is 5.97 Å². The van der Waals surface area contributed by atoms with Crippen molar-refractivity contribution in [2.75, 3.05) is 32.7 Å². The number of piperazine rings is 1. The van der Waals surface area contributed by atoms with Crippen molar-refractivity contribution in [2.45, 2.75) is 52.1 Å². The summed E-state index contributed by atoms with van der Waals surface area (Å²) >= 11 is 0. The molecule has 1 N–H and O–H groups in total. The molecule has 2 aromatic carbocycles. The highest BCUT2D eigenvalue weighted by Crippen LogP contribution is 2.54. The molecule has 1 aromatic heterocycles. The van der Waals surface area contributed by atoms with E-state index in [4.69, 9.17) is 4.74 Å². The van der Waals surface area contributed by atoms with E-state index in [-0.39, 0.29) is 46.4 Å². The summed E-state index contributed by atoms with van der Waals surface area (Å²) in [6.07, 6.45) is 7.19. The van der Waals surface area contributed by atoms with Crippen molar-refractivity contribution in [2.24, 2.45) is 23.2 Å². The minimum absolute atomic E-state index is 0.0328. The van der Waals surface area contributed by atoms with Gasteiger partial charge in [0.25, 0.3) is 11.5 Å². The molecule has 7 rings (SSSR count). The summed E-state index contributed by atoms with van der Waals surface area (Å²) in [5.41, 5.74) is 2.81. The Balaban J connectivity index is 1.01. The Kier molecular flexibility index (Phi) is 7.39. The van der Waals surface area contributed by atoms with E-state index in [0.717, 1.165) is 23.8 Å². The number of nitrogens with one attached hydrogen (secondary N) is 1. The minimum Gasteiger partial charge on any atom is -0.461 e. The molecule has 3 unspecified atom stereocenters. The third kappa shape index (κ3) is 5.15. The smallest absolute Gasteiger partial charge is 0.311 e. The van der Waals surface area contributed by atoms with Gasteiger partial charge in [0.05, 0.1) is 22.6 Å². The topological polar surface area (TPSA) is 95.6 Å². The van der Waals surface area contributed by atoms with Gasteiger partial charge in [-0.3, -0.25) is 19.3 Å². The summed E-state index contributed by atoms with van der Waals surface area (Å²) in [5.74, 6) is -0.543. The van der Waals surface area contributed by atoms with Crippen LogP contribution in [0.2, 0.25) is 0 Å². The van der Waals surface area contributed by atoms with Crippen LogP contribution in [-0.2, 0) is 16.0 Å². The highest BCUT2D eigenvalue weighted by atomic mass is 19.1. The third-order valence-electron chi connectivity index (χ3n) is 10.6. The van der Waals surface area contributed by atoms with Crippen molar-refractivity contribution in [3.63, 3.8) is 0 Å². The number of nitrogens with zero attached hydrogens (tertiary/aromatic N) is 3. The highest BCUT2D eigenvalue weighted by molar-refractivity contribution is 5.95. The lowest BCUT2D eigenvalue weighted by Crippen LogP contribution is -2.51. The largest absolute Gasteiger partial charge is 0.461 e. The molecule has 0 radical (unpaired) electrons. The van der Waals surface area contributed by atoms with E-state index in [1.54, 1.807) is 29.2 Å². The van der Waals surface area contributed by atoms with Crippen LogP contribution in [0.5, 0.6) is 0 Å². The fraction of sp³-hybridized carbons (Fsp3) is 0.486. The minimum atomic E-state index is -0.561. The molecule has 2 saturated heterocycles. The van der Waals surface area contributed by atoms with Crippen LogP contribution in [0.3, 0.4) is 0 Å². The molecule has 44 heavy (non-hydrogen) atoms. The molecule has 3 heterocycles. The molecule has 2 aliphatic heterocycles. The Hall–Kier alpha value is -3.85. The number of benzene rings is 2. The lowest BCUT2D eigenvalue weighted by molar-refractivity contribution is -0.145. The van der Waals surface area contributed by atoms with Gasteiger partial charge in [-0.05, 0) is 54.4 Å². The van der Waals surface area contributed by atoms with Gasteiger partial charge in [0.1, 0.15) is 11.9 Å². The molecule has 9 heteroatoms. The van der Waals surface area contributed by atoms with Crippen molar-refractivity contribution < 1.29 is 18.7 Å². The lowest BCUT2D eigenvalue weighted by Gasteiger charge is -2.46. The normalized spacial score (nSPS) is 28.8. The number of rotatable bonds is 5. The number of aromatic amines is 1. The van der Waals surface area contributed by atoms with Crippen LogP contribution in [0.1, 0.15) is 61.1 Å². The maximum absolute atomic E-state index is 15.0. The number of aromatic nitrogens is 2. The SMILES string of the molecule is C[C@H]1CCC[C@]2(C)CC3OC(=O)C(CN4CCN(C(=O)c5cc(Cc6n[nH]c(=O)c7ccccc67)ccc5F)CC4)C3C=C12. The number of esters is 1. The van der Waals surface area contributed by atoms with E-state index < -0.39 is 5.82 Å². The van der Waals surface area contributed by atoms with Crippen LogP contribution in [0.4, 0.5) is 4.39 Å². The number of hydrogen-bond acceptors (Lipinski definition) is 6. The van der Waals surface area contributed by atoms with E-state index in [9.17, 15) is 18.8 Å². The first-order valence-corrected chi connectivity index (χ1v) is 15.9. The van der Waals surface area contributed by atoms with Gasteiger partial charge in [0.15, 0.2) is 0 Å². The lowest BCUT2D eigenvalue weighted by atomic mass is 9.59. The number of amides is 1. The number of carbonyl (C=O) groups is 2. The van der Waals surface area contributed by atoms with Crippen LogP contribution in [0.25, 0.3) is 10.8 Å². The summed E-state index contributed by atoms with van der Waals surface area (Å²) in [6.45, 7) is 7.41. The molecule has 3 aromatic rings. The average molecular weight is 599 g/mol. The second-order valence-electron chi connectivity index (χ2n) is 13.5. The van der Waals surface area contributed by atoms with Gasteiger partial charge in [-0.15, -0.1) is 0 Å². The van der Waals surface area contributed by atoms with Gasteiger partial charge in [-0.25, -0.2) is 9.49 Å². The molecule has 1 saturated carbocycles. The van der Waals surface area contributed by atoms with Crippen molar-refractivity contribution in [3.8, 4) is 0 Å². The quantitative estimate of drug-likeness (QED) is 0.337. The van der Waals surface area contributed by atoms with Crippen LogP contribution in [0, 0.1) is 29.0 Å². The molecule has 230 valence electrons. The van der Waals surface area contributed by atoms with Crippen molar-refractivity contribution >= 4 is 22.6 Å². The molecule has 3 fully saturated rings. The second kappa shape index (κ2) is 11.3. The van der Waals surface area contributed by atoms with E-state index in [1.165, 1.54) is 24.5 Å². The Morgan fingerprint density at radius 1 is 1.11 bits per heavy atom. The van der Waals surface area contributed by atoms with Gasteiger partial charge in [-0.1, -0.05) is 56.2 Å². The van der Waals surface area contributed by atoms with Crippen LogP contribution < -0.4 is 5.56 Å². The Bertz CT molecular complexity index is 1710. The van der Waals surface area contributed by atoms with E-state index >= 15 is 0 Å². The molecule has 0 bridgehead atoms. The number of ether oxygens (including phenoxy) is 1. The summed E-state index contributed by atoms with van der Waals surface area (Å²) in [7, 11) is 0.